The van der Waals surface area contributed by atoms with Crippen molar-refractivity contribution in [1.82, 2.24) is 15.0 Å². The molecule has 1 aromatic heterocycles. The van der Waals surface area contributed by atoms with Gasteiger partial charge in [0.2, 0.25) is 11.9 Å². The van der Waals surface area contributed by atoms with Gasteiger partial charge in [-0.15, -0.1) is 0 Å². The van der Waals surface area contributed by atoms with Crippen LogP contribution in [0.1, 0.15) is 37.7 Å². The minimum atomic E-state index is -0.337. The predicted octanol–water partition coefficient (Wildman–Crippen LogP) is 3.30. The second-order valence-corrected chi connectivity index (χ2v) is 6.17. The largest absolute Gasteiger partial charge is 0.290 e. The van der Waals surface area contributed by atoms with Crippen molar-refractivity contribution < 1.29 is 9.59 Å². The molecule has 0 aliphatic rings. The summed E-state index contributed by atoms with van der Waals surface area (Å²) in [5.41, 5.74) is 3.10. The highest BCUT2D eigenvalue weighted by Gasteiger charge is 2.12. The molecule has 0 atom stereocenters. The van der Waals surface area contributed by atoms with Gasteiger partial charge in [-0.2, -0.15) is 15.0 Å². The van der Waals surface area contributed by atoms with E-state index in [0.29, 0.717) is 17.0 Å². The number of rotatable bonds is 4. The molecule has 0 unspecified atom stereocenters. The van der Waals surface area contributed by atoms with Crippen molar-refractivity contribution in [2.45, 2.75) is 20.8 Å². The molecule has 2 aromatic carbocycles. The molecule has 3 rings (SSSR count). The highest BCUT2D eigenvalue weighted by atomic mass is 16.2. The molecule has 7 heteroatoms. The number of aryl methyl sites for hydroxylation is 3. The summed E-state index contributed by atoms with van der Waals surface area (Å²) in [6, 6.07) is 14.3. The van der Waals surface area contributed by atoms with E-state index in [4.69, 9.17) is 0 Å². The molecule has 136 valence electrons. The van der Waals surface area contributed by atoms with Crippen molar-refractivity contribution in [2.75, 3.05) is 10.6 Å². The fourth-order valence-electron chi connectivity index (χ4n) is 2.35. The topological polar surface area (TPSA) is 96.9 Å². The molecule has 7 nitrogen and oxygen atoms in total. The smallest absolute Gasteiger partial charge is 0.258 e. The SMILES string of the molecule is Cc1ccc(C(=O)Nc2nc(C)nc(NC(=O)c3ccc(C)cc3)n2)cc1. The molecule has 0 spiro atoms. The van der Waals surface area contributed by atoms with Crippen LogP contribution in [0.2, 0.25) is 0 Å². The number of carbonyl (C=O) groups is 2. The van der Waals surface area contributed by atoms with Crippen LogP contribution in [0.3, 0.4) is 0 Å². The van der Waals surface area contributed by atoms with Crippen molar-refractivity contribution in [3.05, 3.63) is 76.6 Å². The molecular formula is C20H19N5O2. The summed E-state index contributed by atoms with van der Waals surface area (Å²) >= 11 is 0. The average Bonchev–Trinajstić information content (AvgIpc) is 2.62. The zero-order valence-electron chi connectivity index (χ0n) is 15.3. The lowest BCUT2D eigenvalue weighted by Gasteiger charge is -2.08. The van der Waals surface area contributed by atoms with Gasteiger partial charge in [-0.3, -0.25) is 20.2 Å². The monoisotopic (exact) mass is 361 g/mol. The van der Waals surface area contributed by atoms with E-state index in [9.17, 15) is 9.59 Å². The van der Waals surface area contributed by atoms with Gasteiger partial charge in [-0.1, -0.05) is 35.4 Å². The molecule has 0 radical (unpaired) electrons. The van der Waals surface area contributed by atoms with Gasteiger partial charge in [-0.05, 0) is 45.0 Å². The number of hydrogen-bond acceptors (Lipinski definition) is 5. The fourth-order valence-corrected chi connectivity index (χ4v) is 2.35. The molecular weight excluding hydrogens is 342 g/mol. The molecule has 2 amide bonds. The lowest BCUT2D eigenvalue weighted by Crippen LogP contribution is -2.18. The maximum Gasteiger partial charge on any atom is 0.258 e. The van der Waals surface area contributed by atoms with Crippen LogP contribution in [-0.2, 0) is 0 Å². The Hall–Kier alpha value is -3.61. The summed E-state index contributed by atoms with van der Waals surface area (Å²) in [6.07, 6.45) is 0. The van der Waals surface area contributed by atoms with Gasteiger partial charge in [0.25, 0.3) is 11.8 Å². The average molecular weight is 361 g/mol. The lowest BCUT2D eigenvalue weighted by atomic mass is 10.1. The number of anilines is 2. The van der Waals surface area contributed by atoms with Crippen LogP contribution in [-0.4, -0.2) is 26.8 Å². The second kappa shape index (κ2) is 7.74. The highest BCUT2D eigenvalue weighted by molar-refractivity contribution is 6.04. The number of nitrogens with one attached hydrogen (secondary N) is 2. The summed E-state index contributed by atoms with van der Waals surface area (Å²) in [6.45, 7) is 5.55. The summed E-state index contributed by atoms with van der Waals surface area (Å²) in [7, 11) is 0. The summed E-state index contributed by atoms with van der Waals surface area (Å²) in [4.78, 5) is 37.0. The number of benzene rings is 2. The van der Waals surface area contributed by atoms with E-state index in [1.54, 1.807) is 31.2 Å². The Morgan fingerprint density at radius 1 is 0.630 bits per heavy atom. The van der Waals surface area contributed by atoms with Crippen LogP contribution in [0, 0.1) is 20.8 Å². The van der Waals surface area contributed by atoms with Crippen LogP contribution in [0.5, 0.6) is 0 Å². The van der Waals surface area contributed by atoms with E-state index in [1.807, 2.05) is 38.1 Å². The molecule has 0 aliphatic carbocycles. The normalized spacial score (nSPS) is 10.3. The molecule has 3 aromatic rings. The van der Waals surface area contributed by atoms with Crippen molar-refractivity contribution >= 4 is 23.7 Å². The van der Waals surface area contributed by atoms with Crippen molar-refractivity contribution in [1.29, 1.82) is 0 Å². The Morgan fingerprint density at radius 2 is 1.00 bits per heavy atom. The fraction of sp³-hybridized carbons (Fsp3) is 0.150. The zero-order chi connectivity index (χ0) is 19.4. The molecule has 0 bridgehead atoms. The summed E-state index contributed by atoms with van der Waals surface area (Å²) < 4.78 is 0. The van der Waals surface area contributed by atoms with Crippen molar-refractivity contribution in [3.8, 4) is 0 Å². The molecule has 2 N–H and O–H groups in total. The highest BCUT2D eigenvalue weighted by Crippen LogP contribution is 2.11. The maximum atomic E-state index is 12.3. The third-order valence-electron chi connectivity index (χ3n) is 3.83. The molecule has 0 saturated carbocycles. The molecule has 0 fully saturated rings. The first-order chi connectivity index (χ1) is 12.9. The van der Waals surface area contributed by atoms with Crippen LogP contribution < -0.4 is 10.6 Å². The van der Waals surface area contributed by atoms with Crippen LogP contribution in [0.15, 0.2) is 48.5 Å². The minimum absolute atomic E-state index is 0.0762. The van der Waals surface area contributed by atoms with E-state index in [1.165, 1.54) is 0 Å². The van der Waals surface area contributed by atoms with Crippen molar-refractivity contribution in [2.24, 2.45) is 0 Å². The maximum absolute atomic E-state index is 12.3. The van der Waals surface area contributed by atoms with Gasteiger partial charge >= 0.3 is 0 Å². The van der Waals surface area contributed by atoms with Gasteiger partial charge in [0.05, 0.1) is 0 Å². The Labute approximate surface area is 156 Å². The molecule has 1 heterocycles. The van der Waals surface area contributed by atoms with E-state index in [2.05, 4.69) is 25.6 Å². The summed E-state index contributed by atoms with van der Waals surface area (Å²) in [5, 5.41) is 5.25. The van der Waals surface area contributed by atoms with Gasteiger partial charge < -0.3 is 0 Å². The van der Waals surface area contributed by atoms with Crippen LogP contribution in [0.4, 0.5) is 11.9 Å². The van der Waals surface area contributed by atoms with E-state index < -0.39 is 0 Å². The Bertz CT molecular complexity index is 905. The number of amides is 2. The number of nitrogens with zero attached hydrogens (tertiary/aromatic N) is 3. The van der Waals surface area contributed by atoms with Gasteiger partial charge in [0.1, 0.15) is 5.82 Å². The third-order valence-corrected chi connectivity index (χ3v) is 3.83. The van der Waals surface area contributed by atoms with Gasteiger partial charge in [0.15, 0.2) is 0 Å². The van der Waals surface area contributed by atoms with Crippen LogP contribution >= 0.6 is 0 Å². The number of aromatic nitrogens is 3. The first kappa shape index (κ1) is 18.2. The van der Waals surface area contributed by atoms with Crippen molar-refractivity contribution in [3.63, 3.8) is 0 Å². The van der Waals surface area contributed by atoms with E-state index >= 15 is 0 Å². The predicted molar refractivity (Wildman–Crippen MR) is 103 cm³/mol. The minimum Gasteiger partial charge on any atom is -0.290 e. The number of hydrogen-bond donors (Lipinski definition) is 2. The summed E-state index contributed by atoms with van der Waals surface area (Å²) in [5.74, 6) is -0.143. The number of carbonyl (C=O) groups excluding carboxylic acids is 2. The molecule has 0 saturated heterocycles. The van der Waals surface area contributed by atoms with E-state index in [-0.39, 0.29) is 23.7 Å². The first-order valence-corrected chi connectivity index (χ1v) is 8.39. The second-order valence-electron chi connectivity index (χ2n) is 6.17. The van der Waals surface area contributed by atoms with Gasteiger partial charge in [0, 0.05) is 11.1 Å². The van der Waals surface area contributed by atoms with Gasteiger partial charge in [-0.25, -0.2) is 0 Å². The zero-order valence-corrected chi connectivity index (χ0v) is 15.3. The lowest BCUT2D eigenvalue weighted by molar-refractivity contribution is 0.101. The standard InChI is InChI=1S/C20H19N5O2/c1-12-4-8-15(9-5-12)17(26)23-19-21-14(3)22-20(25-19)24-18(27)16-10-6-13(2)7-11-16/h4-11H,1-3H3,(H2,21,22,23,24,25,26,27). The quantitative estimate of drug-likeness (QED) is 0.743. The van der Waals surface area contributed by atoms with E-state index in [0.717, 1.165) is 11.1 Å². The first-order valence-electron chi connectivity index (χ1n) is 8.39. The Kier molecular flexibility index (Phi) is 5.21. The van der Waals surface area contributed by atoms with Crippen LogP contribution in [0.25, 0.3) is 0 Å². The Balaban J connectivity index is 1.75. The molecule has 0 aliphatic heterocycles. The Morgan fingerprint density at radius 3 is 1.37 bits per heavy atom. The third kappa shape index (κ3) is 4.72. The molecule has 27 heavy (non-hydrogen) atoms.